The molecule has 0 aliphatic heterocycles. The molecule has 9 heavy (non-hydrogen) atoms. The second-order valence-electron chi connectivity index (χ2n) is 2.38. The Morgan fingerprint density at radius 2 is 2.22 bits per heavy atom. The minimum absolute atomic E-state index is 0.205. The van der Waals surface area contributed by atoms with Crippen LogP contribution in [0.5, 0.6) is 0 Å². The number of aliphatic hydroxyl groups excluding tert-OH is 1. The van der Waals surface area contributed by atoms with Gasteiger partial charge in [0.25, 0.3) is 0 Å². The molecule has 0 rings (SSSR count). The van der Waals surface area contributed by atoms with Crippen molar-refractivity contribution in [1.82, 2.24) is 0 Å². The quantitative estimate of drug-likeness (QED) is 0.469. The molecule has 4 N–H and O–H groups in total. The van der Waals surface area contributed by atoms with E-state index in [1.807, 2.05) is 0 Å². The van der Waals surface area contributed by atoms with Gasteiger partial charge in [-0.1, -0.05) is 0 Å². The van der Waals surface area contributed by atoms with E-state index in [0.717, 1.165) is 0 Å². The number of carbonyl (C=O) groups is 1. The molecule has 0 fully saturated rings. The van der Waals surface area contributed by atoms with Gasteiger partial charge in [0, 0.05) is 5.54 Å². The SMILES string of the molecule is CC(N)(CO)CC(=O)O. The van der Waals surface area contributed by atoms with E-state index >= 15 is 0 Å². The van der Waals surface area contributed by atoms with Gasteiger partial charge in [-0.3, -0.25) is 4.79 Å². The van der Waals surface area contributed by atoms with Gasteiger partial charge >= 0.3 is 5.97 Å². The van der Waals surface area contributed by atoms with Crippen molar-refractivity contribution in [3.05, 3.63) is 0 Å². The molecule has 1 unspecified atom stereocenters. The van der Waals surface area contributed by atoms with Crippen LogP contribution in [0.3, 0.4) is 0 Å². The Labute approximate surface area is 53.3 Å². The summed E-state index contributed by atoms with van der Waals surface area (Å²) < 4.78 is 0. The first-order chi connectivity index (χ1) is 3.98. The fraction of sp³-hybridized carbons (Fsp3) is 0.800. The lowest BCUT2D eigenvalue weighted by atomic mass is 10.0. The number of carboxylic acid groups (broad SMARTS) is 1. The number of aliphatic carboxylic acids is 1. The molecule has 0 saturated carbocycles. The Bertz CT molecular complexity index is 111. The van der Waals surface area contributed by atoms with Gasteiger partial charge < -0.3 is 15.9 Å². The van der Waals surface area contributed by atoms with Crippen LogP contribution >= 0.6 is 0 Å². The highest BCUT2D eigenvalue weighted by Crippen LogP contribution is 2.02. The summed E-state index contributed by atoms with van der Waals surface area (Å²) in [6.45, 7) is 1.18. The third kappa shape index (κ3) is 3.93. The summed E-state index contributed by atoms with van der Waals surface area (Å²) in [6.07, 6.45) is -0.205. The van der Waals surface area contributed by atoms with E-state index in [1.165, 1.54) is 6.92 Å². The Hall–Kier alpha value is -0.610. The number of carboxylic acids is 1. The van der Waals surface area contributed by atoms with Gasteiger partial charge in [-0.15, -0.1) is 0 Å². The minimum atomic E-state index is -0.992. The van der Waals surface area contributed by atoms with Gasteiger partial charge in [0.15, 0.2) is 0 Å². The van der Waals surface area contributed by atoms with Crippen LogP contribution in [0.15, 0.2) is 0 Å². The molecule has 0 aromatic heterocycles. The summed E-state index contributed by atoms with van der Waals surface area (Å²) in [5, 5.41) is 16.6. The molecule has 0 aliphatic rings. The van der Waals surface area contributed by atoms with E-state index < -0.39 is 11.5 Å². The van der Waals surface area contributed by atoms with E-state index in [-0.39, 0.29) is 13.0 Å². The topological polar surface area (TPSA) is 83.5 Å². The third-order valence-electron chi connectivity index (χ3n) is 0.916. The summed E-state index contributed by atoms with van der Waals surface area (Å²) >= 11 is 0. The zero-order valence-corrected chi connectivity index (χ0v) is 5.29. The van der Waals surface area contributed by atoms with Crippen LogP contribution in [0, 0.1) is 0 Å². The minimum Gasteiger partial charge on any atom is -0.481 e. The largest absolute Gasteiger partial charge is 0.481 e. The van der Waals surface area contributed by atoms with Crippen molar-refractivity contribution in [3.8, 4) is 0 Å². The molecule has 0 aliphatic carbocycles. The zero-order valence-electron chi connectivity index (χ0n) is 5.29. The molecule has 0 saturated heterocycles. The van der Waals surface area contributed by atoms with E-state index in [4.69, 9.17) is 15.9 Å². The van der Waals surface area contributed by atoms with Crippen LogP contribution in [0.4, 0.5) is 0 Å². The molecular weight excluding hydrogens is 122 g/mol. The smallest absolute Gasteiger partial charge is 0.305 e. The monoisotopic (exact) mass is 133 g/mol. The number of rotatable bonds is 3. The number of nitrogens with two attached hydrogens (primary N) is 1. The Balaban J connectivity index is 3.71. The molecule has 4 heteroatoms. The lowest BCUT2D eigenvalue weighted by Crippen LogP contribution is -2.42. The maximum absolute atomic E-state index is 9.98. The fourth-order valence-electron chi connectivity index (χ4n) is 0.401. The lowest BCUT2D eigenvalue weighted by Gasteiger charge is -2.17. The van der Waals surface area contributed by atoms with Crippen molar-refractivity contribution in [2.45, 2.75) is 18.9 Å². The number of hydrogen-bond acceptors (Lipinski definition) is 3. The average molecular weight is 133 g/mol. The van der Waals surface area contributed by atoms with Crippen LogP contribution in [-0.2, 0) is 4.79 Å². The normalized spacial score (nSPS) is 16.8. The number of aliphatic hydroxyl groups is 1. The van der Waals surface area contributed by atoms with Crippen molar-refractivity contribution < 1.29 is 15.0 Å². The molecule has 1 atom stereocenters. The summed E-state index contributed by atoms with van der Waals surface area (Å²) in [5.41, 5.74) is 4.31. The van der Waals surface area contributed by atoms with Crippen LogP contribution in [0.2, 0.25) is 0 Å². The van der Waals surface area contributed by atoms with Gasteiger partial charge in [-0.05, 0) is 6.92 Å². The fourth-order valence-corrected chi connectivity index (χ4v) is 0.401. The summed E-state index contributed by atoms with van der Waals surface area (Å²) in [7, 11) is 0. The molecule has 0 aromatic carbocycles. The first-order valence-electron chi connectivity index (χ1n) is 2.59. The van der Waals surface area contributed by atoms with Crippen LogP contribution in [0.1, 0.15) is 13.3 Å². The maximum Gasteiger partial charge on any atom is 0.305 e. The van der Waals surface area contributed by atoms with Gasteiger partial charge in [-0.2, -0.15) is 0 Å². The third-order valence-corrected chi connectivity index (χ3v) is 0.916. The molecule has 0 aromatic rings. The van der Waals surface area contributed by atoms with E-state index in [2.05, 4.69) is 0 Å². The van der Waals surface area contributed by atoms with Gasteiger partial charge in [0.05, 0.1) is 13.0 Å². The number of hydrogen-bond donors (Lipinski definition) is 3. The highest BCUT2D eigenvalue weighted by molar-refractivity contribution is 5.68. The van der Waals surface area contributed by atoms with Crippen LogP contribution in [-0.4, -0.2) is 28.3 Å². The van der Waals surface area contributed by atoms with E-state index in [9.17, 15) is 4.79 Å². The highest BCUT2D eigenvalue weighted by atomic mass is 16.4. The van der Waals surface area contributed by atoms with Gasteiger partial charge in [0.1, 0.15) is 0 Å². The van der Waals surface area contributed by atoms with Crippen LogP contribution < -0.4 is 5.73 Å². The zero-order chi connectivity index (χ0) is 7.49. The Morgan fingerprint density at radius 3 is 2.33 bits per heavy atom. The lowest BCUT2D eigenvalue weighted by molar-refractivity contribution is -0.138. The van der Waals surface area contributed by atoms with E-state index in [1.54, 1.807) is 0 Å². The maximum atomic E-state index is 9.98. The van der Waals surface area contributed by atoms with Crippen molar-refractivity contribution >= 4 is 5.97 Å². The van der Waals surface area contributed by atoms with Crippen molar-refractivity contribution in [1.29, 1.82) is 0 Å². The molecule has 0 heterocycles. The molecular formula is C5H11NO3. The molecule has 0 amide bonds. The average Bonchev–Trinajstić information content (AvgIpc) is 1.63. The van der Waals surface area contributed by atoms with Crippen molar-refractivity contribution in [2.24, 2.45) is 5.73 Å². The molecule has 0 bridgehead atoms. The van der Waals surface area contributed by atoms with Crippen LogP contribution in [0.25, 0.3) is 0 Å². The Kier molecular flexibility index (Phi) is 2.61. The predicted molar refractivity (Wildman–Crippen MR) is 31.9 cm³/mol. The van der Waals surface area contributed by atoms with E-state index in [0.29, 0.717) is 0 Å². The standard InChI is InChI=1S/C5H11NO3/c1-5(6,3-7)2-4(8)9/h7H,2-3,6H2,1H3,(H,8,9). The predicted octanol–water partition coefficient (Wildman–Crippen LogP) is -0.829. The van der Waals surface area contributed by atoms with Crippen molar-refractivity contribution in [2.75, 3.05) is 6.61 Å². The summed E-state index contributed by atoms with van der Waals surface area (Å²) in [5.74, 6) is -0.992. The first-order valence-corrected chi connectivity index (χ1v) is 2.59. The van der Waals surface area contributed by atoms with Gasteiger partial charge in [0.2, 0.25) is 0 Å². The molecule has 4 nitrogen and oxygen atoms in total. The summed E-state index contributed by atoms with van der Waals surface area (Å²) in [4.78, 5) is 9.98. The second-order valence-corrected chi connectivity index (χ2v) is 2.38. The highest BCUT2D eigenvalue weighted by Gasteiger charge is 2.20. The first kappa shape index (κ1) is 8.39. The summed E-state index contributed by atoms with van der Waals surface area (Å²) in [6, 6.07) is 0. The molecule has 54 valence electrons. The second kappa shape index (κ2) is 2.80. The van der Waals surface area contributed by atoms with Gasteiger partial charge in [-0.25, -0.2) is 0 Å². The van der Waals surface area contributed by atoms with Crippen molar-refractivity contribution in [3.63, 3.8) is 0 Å². The molecule has 0 spiro atoms. The molecule has 0 radical (unpaired) electrons. The Morgan fingerprint density at radius 1 is 1.78 bits per heavy atom.